The molecule has 5 heteroatoms. The van der Waals surface area contributed by atoms with Crippen LogP contribution in [0, 0.1) is 12.8 Å². The number of rotatable bonds is 5. The van der Waals surface area contributed by atoms with Gasteiger partial charge in [0.05, 0.1) is 5.92 Å². The summed E-state index contributed by atoms with van der Waals surface area (Å²) in [4.78, 5) is 37.7. The maximum absolute atomic E-state index is 12.5. The van der Waals surface area contributed by atoms with E-state index in [0.29, 0.717) is 24.3 Å². The fourth-order valence-electron chi connectivity index (χ4n) is 3.05. The first kappa shape index (κ1) is 17.9. The van der Waals surface area contributed by atoms with Crippen molar-refractivity contribution in [2.75, 3.05) is 11.9 Å². The number of benzene rings is 2. The van der Waals surface area contributed by atoms with Crippen LogP contribution in [0.25, 0.3) is 0 Å². The average molecular weight is 350 g/mol. The smallest absolute Gasteiger partial charge is 0.229 e. The minimum Gasteiger partial charge on any atom is -0.338 e. The summed E-state index contributed by atoms with van der Waals surface area (Å²) in [7, 11) is 0. The molecule has 1 fully saturated rings. The highest BCUT2D eigenvalue weighted by atomic mass is 16.2. The molecule has 0 aliphatic carbocycles. The summed E-state index contributed by atoms with van der Waals surface area (Å²) in [5.41, 5.74) is 3.46. The molecule has 3 rings (SSSR count). The summed E-state index contributed by atoms with van der Waals surface area (Å²) in [5, 5.41) is 2.83. The van der Waals surface area contributed by atoms with Gasteiger partial charge in [-0.15, -0.1) is 0 Å². The Balaban J connectivity index is 1.59. The Kier molecular flexibility index (Phi) is 5.16. The van der Waals surface area contributed by atoms with Gasteiger partial charge in [-0.1, -0.05) is 29.8 Å². The molecule has 134 valence electrons. The van der Waals surface area contributed by atoms with E-state index >= 15 is 0 Å². The number of carbonyl (C=O) groups excluding carboxylic acids is 3. The Morgan fingerprint density at radius 2 is 1.73 bits per heavy atom. The number of hydrogen-bond donors (Lipinski definition) is 1. The summed E-state index contributed by atoms with van der Waals surface area (Å²) in [6.07, 6.45) is 0.225. The molecule has 0 radical (unpaired) electrons. The molecule has 1 aliphatic rings. The van der Waals surface area contributed by atoms with Gasteiger partial charge in [-0.05, 0) is 43.7 Å². The maximum atomic E-state index is 12.5. The molecule has 0 bridgehead atoms. The van der Waals surface area contributed by atoms with Gasteiger partial charge in [0.2, 0.25) is 11.8 Å². The van der Waals surface area contributed by atoms with Crippen LogP contribution in [0.15, 0.2) is 48.5 Å². The van der Waals surface area contributed by atoms with Crippen molar-refractivity contribution in [3.63, 3.8) is 0 Å². The van der Waals surface area contributed by atoms with Crippen molar-refractivity contribution in [2.24, 2.45) is 5.92 Å². The second-order valence-corrected chi connectivity index (χ2v) is 6.78. The summed E-state index contributed by atoms with van der Waals surface area (Å²) >= 11 is 0. The lowest BCUT2D eigenvalue weighted by Gasteiger charge is -2.17. The van der Waals surface area contributed by atoms with Crippen LogP contribution in [-0.4, -0.2) is 29.0 Å². The van der Waals surface area contributed by atoms with Crippen LogP contribution < -0.4 is 5.32 Å². The highest BCUT2D eigenvalue weighted by Crippen LogP contribution is 2.22. The number of anilines is 1. The van der Waals surface area contributed by atoms with Crippen molar-refractivity contribution in [2.45, 2.75) is 26.8 Å². The van der Waals surface area contributed by atoms with Crippen LogP contribution in [0.2, 0.25) is 0 Å². The summed E-state index contributed by atoms with van der Waals surface area (Å²) in [6.45, 7) is 4.47. The van der Waals surface area contributed by atoms with Gasteiger partial charge in [0.25, 0.3) is 0 Å². The van der Waals surface area contributed by atoms with Crippen LogP contribution in [0.5, 0.6) is 0 Å². The molecule has 1 heterocycles. The number of nitrogens with zero attached hydrogens (tertiary/aromatic N) is 1. The fourth-order valence-corrected chi connectivity index (χ4v) is 3.05. The van der Waals surface area contributed by atoms with E-state index in [-0.39, 0.29) is 29.9 Å². The lowest BCUT2D eigenvalue weighted by molar-refractivity contribution is -0.128. The van der Waals surface area contributed by atoms with E-state index in [9.17, 15) is 14.4 Å². The summed E-state index contributed by atoms with van der Waals surface area (Å²) in [5.74, 6) is -0.547. The van der Waals surface area contributed by atoms with Gasteiger partial charge >= 0.3 is 0 Å². The Morgan fingerprint density at radius 1 is 1.08 bits per heavy atom. The van der Waals surface area contributed by atoms with Gasteiger partial charge in [-0.3, -0.25) is 14.4 Å². The first-order valence-electron chi connectivity index (χ1n) is 8.67. The molecule has 2 amide bonds. The number of ketones is 1. The Bertz CT molecular complexity index is 825. The third kappa shape index (κ3) is 4.17. The monoisotopic (exact) mass is 350 g/mol. The van der Waals surface area contributed by atoms with Crippen molar-refractivity contribution in [1.82, 2.24) is 4.90 Å². The third-order valence-electron chi connectivity index (χ3n) is 4.64. The fraction of sp³-hybridized carbons (Fsp3) is 0.286. The number of Topliss-reactive ketones (excluding diaryl/α,β-unsaturated/α-hetero) is 1. The number of aryl methyl sites for hydroxylation is 1. The van der Waals surface area contributed by atoms with Gasteiger partial charge in [-0.2, -0.15) is 0 Å². The molecule has 1 N–H and O–H groups in total. The number of carbonyl (C=O) groups is 3. The molecular weight excluding hydrogens is 328 g/mol. The van der Waals surface area contributed by atoms with E-state index in [2.05, 4.69) is 5.32 Å². The van der Waals surface area contributed by atoms with Crippen LogP contribution in [0.3, 0.4) is 0 Å². The van der Waals surface area contributed by atoms with Gasteiger partial charge in [-0.25, -0.2) is 0 Å². The zero-order valence-electron chi connectivity index (χ0n) is 15.0. The van der Waals surface area contributed by atoms with E-state index in [1.165, 1.54) is 12.5 Å². The summed E-state index contributed by atoms with van der Waals surface area (Å²) < 4.78 is 0. The first-order valence-corrected chi connectivity index (χ1v) is 8.67. The van der Waals surface area contributed by atoms with Crippen molar-refractivity contribution in [3.05, 3.63) is 65.2 Å². The van der Waals surface area contributed by atoms with Gasteiger partial charge < -0.3 is 10.2 Å². The van der Waals surface area contributed by atoms with E-state index in [0.717, 1.165) is 5.56 Å². The Labute approximate surface area is 153 Å². The van der Waals surface area contributed by atoms with Crippen molar-refractivity contribution < 1.29 is 14.4 Å². The predicted octanol–water partition coefficient (Wildman–Crippen LogP) is 3.18. The molecule has 2 aromatic rings. The standard InChI is InChI=1S/C21H22N2O3/c1-14-3-5-16(6-4-14)12-23-13-18(11-20(23)25)21(26)22-19-9-7-17(8-10-19)15(2)24/h3-10,18H,11-13H2,1-2H3,(H,22,26)/t18-/m0/s1. The number of hydrogen-bond acceptors (Lipinski definition) is 3. The largest absolute Gasteiger partial charge is 0.338 e. The van der Waals surface area contributed by atoms with Gasteiger partial charge in [0, 0.05) is 30.8 Å². The molecule has 2 aromatic carbocycles. The van der Waals surface area contributed by atoms with E-state index in [4.69, 9.17) is 0 Å². The second-order valence-electron chi connectivity index (χ2n) is 6.78. The highest BCUT2D eigenvalue weighted by molar-refractivity contribution is 5.98. The Morgan fingerprint density at radius 3 is 2.35 bits per heavy atom. The molecule has 0 aromatic heterocycles. The minimum absolute atomic E-state index is 0.00217. The molecular formula is C21H22N2O3. The quantitative estimate of drug-likeness (QED) is 0.842. The average Bonchev–Trinajstić information content (AvgIpc) is 2.98. The number of amides is 2. The molecule has 26 heavy (non-hydrogen) atoms. The van der Waals surface area contributed by atoms with Crippen molar-refractivity contribution >= 4 is 23.3 Å². The minimum atomic E-state index is -0.361. The first-order chi connectivity index (χ1) is 12.4. The Hall–Kier alpha value is -2.95. The van der Waals surface area contributed by atoms with E-state index in [1.807, 2.05) is 31.2 Å². The van der Waals surface area contributed by atoms with Crippen molar-refractivity contribution in [1.29, 1.82) is 0 Å². The van der Waals surface area contributed by atoms with Crippen molar-refractivity contribution in [3.8, 4) is 0 Å². The highest BCUT2D eigenvalue weighted by Gasteiger charge is 2.34. The predicted molar refractivity (Wildman–Crippen MR) is 99.8 cm³/mol. The molecule has 0 unspecified atom stereocenters. The van der Waals surface area contributed by atoms with Crippen LogP contribution in [0.1, 0.15) is 34.8 Å². The molecule has 1 saturated heterocycles. The maximum Gasteiger partial charge on any atom is 0.229 e. The SMILES string of the molecule is CC(=O)c1ccc(NC(=O)[C@H]2CC(=O)N(Cc3ccc(C)cc3)C2)cc1. The van der Waals surface area contributed by atoms with Crippen LogP contribution in [-0.2, 0) is 16.1 Å². The molecule has 5 nitrogen and oxygen atoms in total. The zero-order chi connectivity index (χ0) is 18.7. The van der Waals surface area contributed by atoms with Gasteiger partial charge in [0.1, 0.15) is 0 Å². The third-order valence-corrected chi connectivity index (χ3v) is 4.64. The van der Waals surface area contributed by atoms with Crippen LogP contribution >= 0.6 is 0 Å². The molecule has 1 aliphatic heterocycles. The lowest BCUT2D eigenvalue weighted by Crippen LogP contribution is -2.28. The normalized spacial score (nSPS) is 16.6. The zero-order valence-corrected chi connectivity index (χ0v) is 15.0. The topological polar surface area (TPSA) is 66.5 Å². The summed E-state index contributed by atoms with van der Waals surface area (Å²) in [6, 6.07) is 14.8. The van der Waals surface area contributed by atoms with Gasteiger partial charge in [0.15, 0.2) is 5.78 Å². The number of likely N-dealkylation sites (tertiary alicyclic amines) is 1. The second kappa shape index (κ2) is 7.52. The van der Waals surface area contributed by atoms with Crippen LogP contribution in [0.4, 0.5) is 5.69 Å². The van der Waals surface area contributed by atoms with E-state index < -0.39 is 0 Å². The molecule has 1 atom stereocenters. The molecule has 0 saturated carbocycles. The molecule has 0 spiro atoms. The lowest BCUT2D eigenvalue weighted by atomic mass is 10.1. The number of nitrogens with one attached hydrogen (secondary N) is 1. The van der Waals surface area contributed by atoms with E-state index in [1.54, 1.807) is 29.2 Å².